The van der Waals surface area contributed by atoms with Gasteiger partial charge in [-0.2, -0.15) is 5.10 Å². The second kappa shape index (κ2) is 3.14. The summed E-state index contributed by atoms with van der Waals surface area (Å²) in [5, 5.41) is 3.92. The number of furan rings is 1. The third-order valence-corrected chi connectivity index (χ3v) is 1.93. The van der Waals surface area contributed by atoms with Crippen LogP contribution in [-0.2, 0) is 7.05 Å². The van der Waals surface area contributed by atoms with Crippen LogP contribution in [0.15, 0.2) is 28.9 Å². The molecule has 0 aromatic carbocycles. The summed E-state index contributed by atoms with van der Waals surface area (Å²) in [5.74, 6) is 0.957. The van der Waals surface area contributed by atoms with Crippen molar-refractivity contribution in [1.29, 1.82) is 0 Å². The van der Waals surface area contributed by atoms with Crippen molar-refractivity contribution in [3.63, 3.8) is 0 Å². The molecule has 4 heteroatoms. The van der Waals surface area contributed by atoms with Crippen LogP contribution in [-0.4, -0.2) is 15.6 Å². The summed E-state index contributed by atoms with van der Waals surface area (Å²) < 4.78 is 6.81. The van der Waals surface area contributed by atoms with Gasteiger partial charge in [-0.15, -0.1) is 0 Å². The Balaban J connectivity index is 2.33. The monoisotopic (exact) mass is 190 g/mol. The van der Waals surface area contributed by atoms with Gasteiger partial charge >= 0.3 is 0 Å². The van der Waals surface area contributed by atoms with Crippen LogP contribution in [0.2, 0.25) is 0 Å². The summed E-state index contributed by atoms with van der Waals surface area (Å²) in [4.78, 5) is 11.7. The van der Waals surface area contributed by atoms with Crippen molar-refractivity contribution in [2.45, 2.75) is 6.92 Å². The Bertz CT molecular complexity index is 426. The van der Waals surface area contributed by atoms with Crippen molar-refractivity contribution < 1.29 is 9.21 Å². The molecule has 4 nitrogen and oxygen atoms in total. The maximum absolute atomic E-state index is 11.7. The number of ketones is 1. The summed E-state index contributed by atoms with van der Waals surface area (Å²) in [6.07, 6.45) is 3.19. The maximum Gasteiger partial charge on any atom is 0.231 e. The van der Waals surface area contributed by atoms with Gasteiger partial charge in [0.25, 0.3) is 0 Å². The molecule has 14 heavy (non-hydrogen) atoms. The van der Waals surface area contributed by atoms with Crippen LogP contribution in [0.3, 0.4) is 0 Å². The second-order valence-electron chi connectivity index (χ2n) is 3.14. The quantitative estimate of drug-likeness (QED) is 0.675. The molecule has 0 atom stereocenters. The molecule has 2 rings (SSSR count). The SMILES string of the molecule is Cc1ccc(C(=O)c2cnn(C)c2)o1. The van der Waals surface area contributed by atoms with Crippen LogP contribution >= 0.6 is 0 Å². The van der Waals surface area contributed by atoms with E-state index in [-0.39, 0.29) is 5.78 Å². The van der Waals surface area contributed by atoms with Crippen LogP contribution in [0.1, 0.15) is 21.9 Å². The van der Waals surface area contributed by atoms with Gasteiger partial charge < -0.3 is 4.42 Å². The molecule has 72 valence electrons. The first-order valence-electron chi connectivity index (χ1n) is 4.26. The van der Waals surface area contributed by atoms with Crippen LogP contribution in [0.5, 0.6) is 0 Å². The summed E-state index contributed by atoms with van der Waals surface area (Å²) in [6, 6.07) is 3.44. The lowest BCUT2D eigenvalue weighted by Crippen LogP contribution is -1.97. The van der Waals surface area contributed by atoms with E-state index in [2.05, 4.69) is 5.10 Å². The van der Waals surface area contributed by atoms with Crippen molar-refractivity contribution in [1.82, 2.24) is 9.78 Å². The van der Waals surface area contributed by atoms with Crippen LogP contribution < -0.4 is 0 Å². The van der Waals surface area contributed by atoms with Crippen molar-refractivity contribution in [3.05, 3.63) is 41.6 Å². The fourth-order valence-electron chi connectivity index (χ4n) is 1.24. The number of rotatable bonds is 2. The Labute approximate surface area is 81.1 Å². The molecule has 0 unspecified atom stereocenters. The van der Waals surface area contributed by atoms with Gasteiger partial charge in [0.15, 0.2) is 5.76 Å². The molecule has 0 aliphatic rings. The van der Waals surface area contributed by atoms with Crippen LogP contribution in [0, 0.1) is 6.92 Å². The zero-order valence-electron chi connectivity index (χ0n) is 8.02. The minimum absolute atomic E-state index is 0.133. The van der Waals surface area contributed by atoms with Gasteiger partial charge in [-0.25, -0.2) is 0 Å². The fourth-order valence-corrected chi connectivity index (χ4v) is 1.24. The smallest absolute Gasteiger partial charge is 0.231 e. The van der Waals surface area contributed by atoms with Crippen molar-refractivity contribution in [2.75, 3.05) is 0 Å². The molecule has 0 saturated heterocycles. The average Bonchev–Trinajstić information content (AvgIpc) is 2.73. The van der Waals surface area contributed by atoms with Crippen molar-refractivity contribution in [3.8, 4) is 0 Å². The standard InChI is InChI=1S/C10H10N2O2/c1-7-3-4-9(14-7)10(13)8-5-11-12(2)6-8/h3-6H,1-2H3. The molecule has 0 bridgehead atoms. The summed E-state index contributed by atoms with van der Waals surface area (Å²) >= 11 is 0. The molecule has 0 saturated carbocycles. The van der Waals surface area contributed by atoms with E-state index in [0.717, 1.165) is 5.76 Å². The third-order valence-electron chi connectivity index (χ3n) is 1.93. The largest absolute Gasteiger partial charge is 0.458 e. The van der Waals surface area contributed by atoms with Crippen molar-refractivity contribution in [2.24, 2.45) is 7.05 Å². The summed E-state index contributed by atoms with van der Waals surface area (Å²) in [5.41, 5.74) is 0.543. The number of nitrogens with zero attached hydrogens (tertiary/aromatic N) is 2. The average molecular weight is 190 g/mol. The molecule has 0 radical (unpaired) electrons. The number of hydrogen-bond donors (Lipinski definition) is 0. The number of carbonyl (C=O) groups is 1. The van der Waals surface area contributed by atoms with E-state index in [1.165, 1.54) is 6.20 Å². The minimum Gasteiger partial charge on any atom is -0.458 e. The minimum atomic E-state index is -0.133. The van der Waals surface area contributed by atoms with E-state index in [4.69, 9.17) is 4.42 Å². The molecular formula is C10H10N2O2. The Hall–Kier alpha value is -1.84. The van der Waals surface area contributed by atoms with Gasteiger partial charge in [0.05, 0.1) is 11.8 Å². The molecule has 0 spiro atoms. The molecule has 0 fully saturated rings. The highest BCUT2D eigenvalue weighted by Gasteiger charge is 2.13. The normalized spacial score (nSPS) is 10.4. The molecule has 2 aromatic heterocycles. The van der Waals surface area contributed by atoms with E-state index in [1.54, 1.807) is 37.0 Å². The fraction of sp³-hybridized carbons (Fsp3) is 0.200. The van der Waals surface area contributed by atoms with E-state index >= 15 is 0 Å². The van der Waals surface area contributed by atoms with Gasteiger partial charge in [0.2, 0.25) is 5.78 Å². The summed E-state index contributed by atoms with van der Waals surface area (Å²) in [7, 11) is 1.77. The van der Waals surface area contributed by atoms with E-state index in [9.17, 15) is 4.79 Å². The first-order valence-corrected chi connectivity index (χ1v) is 4.26. The van der Waals surface area contributed by atoms with Gasteiger partial charge in [0, 0.05) is 13.2 Å². The van der Waals surface area contributed by atoms with Crippen molar-refractivity contribution >= 4 is 5.78 Å². The van der Waals surface area contributed by atoms with Gasteiger partial charge in [-0.05, 0) is 19.1 Å². The highest BCUT2D eigenvalue weighted by Crippen LogP contribution is 2.11. The Morgan fingerprint density at radius 2 is 2.29 bits per heavy atom. The third kappa shape index (κ3) is 1.46. The maximum atomic E-state index is 11.7. The lowest BCUT2D eigenvalue weighted by molar-refractivity contribution is 0.101. The number of carbonyl (C=O) groups excluding carboxylic acids is 1. The Kier molecular flexibility index (Phi) is 1.96. The van der Waals surface area contributed by atoms with E-state index in [0.29, 0.717) is 11.3 Å². The van der Waals surface area contributed by atoms with Gasteiger partial charge in [-0.1, -0.05) is 0 Å². The highest BCUT2D eigenvalue weighted by molar-refractivity contribution is 6.06. The zero-order chi connectivity index (χ0) is 10.1. The first-order chi connectivity index (χ1) is 6.66. The van der Waals surface area contributed by atoms with Crippen LogP contribution in [0.25, 0.3) is 0 Å². The number of hydrogen-bond acceptors (Lipinski definition) is 3. The molecule has 0 aliphatic carbocycles. The Morgan fingerprint density at radius 3 is 2.79 bits per heavy atom. The molecule has 2 aromatic rings. The molecule has 0 aliphatic heterocycles. The Morgan fingerprint density at radius 1 is 1.50 bits per heavy atom. The van der Waals surface area contributed by atoms with Gasteiger partial charge in [0.1, 0.15) is 5.76 Å². The predicted molar refractivity (Wildman–Crippen MR) is 50.1 cm³/mol. The number of aromatic nitrogens is 2. The predicted octanol–water partition coefficient (Wildman–Crippen LogP) is 1.55. The molecular weight excluding hydrogens is 180 g/mol. The lowest BCUT2D eigenvalue weighted by atomic mass is 10.2. The molecule has 0 amide bonds. The number of aryl methyl sites for hydroxylation is 2. The molecule has 0 N–H and O–H groups in total. The van der Waals surface area contributed by atoms with E-state index in [1.807, 2.05) is 0 Å². The highest BCUT2D eigenvalue weighted by atomic mass is 16.3. The van der Waals surface area contributed by atoms with E-state index < -0.39 is 0 Å². The lowest BCUT2D eigenvalue weighted by Gasteiger charge is -1.90. The second-order valence-corrected chi connectivity index (χ2v) is 3.14. The summed E-state index contributed by atoms with van der Waals surface area (Å²) in [6.45, 7) is 1.81. The van der Waals surface area contributed by atoms with Gasteiger partial charge in [-0.3, -0.25) is 9.48 Å². The topological polar surface area (TPSA) is 48.0 Å². The zero-order valence-corrected chi connectivity index (χ0v) is 8.02. The first kappa shape index (κ1) is 8.74. The van der Waals surface area contributed by atoms with Crippen LogP contribution in [0.4, 0.5) is 0 Å². The molecule has 2 heterocycles.